The SMILES string of the molecule is CCN(CC)S(=O)(=O)c1cccc(-c2nnc(SCCOc3ccc(C)cc3)n2N)c1. The molecule has 2 aromatic carbocycles. The van der Waals surface area contributed by atoms with Crippen LogP contribution < -0.4 is 10.6 Å². The van der Waals surface area contributed by atoms with Crippen LogP contribution in [-0.2, 0) is 10.0 Å². The highest BCUT2D eigenvalue weighted by molar-refractivity contribution is 7.99. The van der Waals surface area contributed by atoms with E-state index in [9.17, 15) is 8.42 Å². The number of rotatable bonds is 10. The molecule has 0 fully saturated rings. The number of ether oxygens (including phenoxy) is 1. The molecule has 0 radical (unpaired) electrons. The lowest BCUT2D eigenvalue weighted by Gasteiger charge is -2.18. The predicted octanol–water partition coefficient (Wildman–Crippen LogP) is 3.17. The number of aromatic nitrogens is 3. The normalized spacial score (nSPS) is 11.7. The first-order valence-corrected chi connectivity index (χ1v) is 12.4. The average Bonchev–Trinajstić information content (AvgIpc) is 3.13. The molecule has 2 N–H and O–H groups in total. The van der Waals surface area contributed by atoms with Crippen molar-refractivity contribution in [3.63, 3.8) is 0 Å². The van der Waals surface area contributed by atoms with Crippen LogP contribution in [0.15, 0.2) is 58.6 Å². The molecule has 0 aliphatic rings. The van der Waals surface area contributed by atoms with Gasteiger partial charge in [-0.2, -0.15) is 4.31 Å². The summed E-state index contributed by atoms with van der Waals surface area (Å²) in [5.74, 6) is 8.04. The first-order valence-electron chi connectivity index (χ1n) is 10.00. The molecule has 0 bridgehead atoms. The maximum Gasteiger partial charge on any atom is 0.243 e. The van der Waals surface area contributed by atoms with Gasteiger partial charge >= 0.3 is 0 Å². The molecular weight excluding hydrogens is 434 g/mol. The van der Waals surface area contributed by atoms with Gasteiger partial charge in [-0.1, -0.05) is 55.4 Å². The summed E-state index contributed by atoms with van der Waals surface area (Å²) >= 11 is 1.42. The Balaban J connectivity index is 1.69. The van der Waals surface area contributed by atoms with Crippen LogP contribution >= 0.6 is 11.8 Å². The number of nitrogen functional groups attached to an aromatic ring is 1. The third-order valence-corrected chi connectivity index (χ3v) is 7.66. The highest BCUT2D eigenvalue weighted by atomic mass is 32.2. The summed E-state index contributed by atoms with van der Waals surface area (Å²) in [4.78, 5) is 0.206. The first kappa shape index (κ1) is 23.1. The Labute approximate surface area is 187 Å². The monoisotopic (exact) mass is 461 g/mol. The van der Waals surface area contributed by atoms with Crippen LogP contribution in [0.1, 0.15) is 19.4 Å². The zero-order valence-electron chi connectivity index (χ0n) is 17.9. The number of aryl methyl sites for hydroxylation is 1. The van der Waals surface area contributed by atoms with Crippen molar-refractivity contribution >= 4 is 21.8 Å². The highest BCUT2D eigenvalue weighted by Crippen LogP contribution is 2.25. The summed E-state index contributed by atoms with van der Waals surface area (Å²) < 4.78 is 34.1. The van der Waals surface area contributed by atoms with Crippen molar-refractivity contribution in [2.75, 3.05) is 31.3 Å². The third kappa shape index (κ3) is 5.38. The van der Waals surface area contributed by atoms with E-state index in [4.69, 9.17) is 10.6 Å². The van der Waals surface area contributed by atoms with Gasteiger partial charge < -0.3 is 10.6 Å². The van der Waals surface area contributed by atoms with E-state index >= 15 is 0 Å². The molecule has 0 aliphatic heterocycles. The van der Waals surface area contributed by atoms with Crippen LogP contribution in [0.4, 0.5) is 0 Å². The van der Waals surface area contributed by atoms with Crippen molar-refractivity contribution < 1.29 is 13.2 Å². The number of benzene rings is 2. The van der Waals surface area contributed by atoms with Crippen LogP contribution in [0, 0.1) is 6.92 Å². The minimum absolute atomic E-state index is 0.206. The van der Waals surface area contributed by atoms with Crippen molar-refractivity contribution in [1.29, 1.82) is 0 Å². The largest absolute Gasteiger partial charge is 0.493 e. The molecule has 3 rings (SSSR count). The van der Waals surface area contributed by atoms with Gasteiger partial charge in [0.15, 0.2) is 5.82 Å². The Hall–Kier alpha value is -2.56. The summed E-state index contributed by atoms with van der Waals surface area (Å²) in [6.45, 7) is 6.96. The molecule has 3 aromatic rings. The number of nitrogens with zero attached hydrogens (tertiary/aromatic N) is 4. The Morgan fingerprint density at radius 1 is 1.10 bits per heavy atom. The van der Waals surface area contributed by atoms with E-state index in [1.807, 2.05) is 45.0 Å². The second-order valence-corrected chi connectivity index (χ2v) is 9.80. The van der Waals surface area contributed by atoms with E-state index in [-0.39, 0.29) is 4.90 Å². The van der Waals surface area contributed by atoms with Gasteiger partial charge in [0.2, 0.25) is 15.2 Å². The number of thioether (sulfide) groups is 1. The lowest BCUT2D eigenvalue weighted by molar-refractivity contribution is 0.344. The van der Waals surface area contributed by atoms with Crippen LogP contribution in [0.25, 0.3) is 11.4 Å². The molecule has 0 aliphatic carbocycles. The minimum atomic E-state index is -3.57. The van der Waals surface area contributed by atoms with Crippen LogP contribution in [0.3, 0.4) is 0 Å². The van der Waals surface area contributed by atoms with Crippen molar-refractivity contribution in [3.8, 4) is 17.1 Å². The third-order valence-electron chi connectivity index (χ3n) is 4.70. The van der Waals surface area contributed by atoms with Gasteiger partial charge in [-0.05, 0) is 31.2 Å². The van der Waals surface area contributed by atoms with Gasteiger partial charge in [0.05, 0.1) is 11.5 Å². The Kier molecular flexibility index (Phi) is 7.58. The van der Waals surface area contributed by atoms with Gasteiger partial charge in [-0.3, -0.25) is 0 Å². The molecule has 1 heterocycles. The first-order chi connectivity index (χ1) is 14.9. The van der Waals surface area contributed by atoms with E-state index in [2.05, 4.69) is 10.2 Å². The van der Waals surface area contributed by atoms with Crippen molar-refractivity contribution in [3.05, 3.63) is 54.1 Å². The highest BCUT2D eigenvalue weighted by Gasteiger charge is 2.23. The summed E-state index contributed by atoms with van der Waals surface area (Å²) in [7, 11) is -3.57. The van der Waals surface area contributed by atoms with Gasteiger partial charge in [0, 0.05) is 24.4 Å². The molecule has 0 unspecified atom stereocenters. The van der Waals surface area contributed by atoms with Crippen LogP contribution in [0.5, 0.6) is 5.75 Å². The molecule has 1 aromatic heterocycles. The van der Waals surface area contributed by atoms with E-state index in [1.165, 1.54) is 26.3 Å². The lowest BCUT2D eigenvalue weighted by Crippen LogP contribution is -2.30. The van der Waals surface area contributed by atoms with Crippen LogP contribution in [-0.4, -0.2) is 53.0 Å². The molecule has 31 heavy (non-hydrogen) atoms. The van der Waals surface area contributed by atoms with Crippen molar-refractivity contribution in [2.24, 2.45) is 0 Å². The molecule has 10 heteroatoms. The second-order valence-electron chi connectivity index (χ2n) is 6.80. The Morgan fingerprint density at radius 3 is 2.48 bits per heavy atom. The molecule has 0 spiro atoms. The lowest BCUT2D eigenvalue weighted by atomic mass is 10.2. The fourth-order valence-corrected chi connectivity index (χ4v) is 5.19. The predicted molar refractivity (Wildman–Crippen MR) is 123 cm³/mol. The zero-order chi connectivity index (χ0) is 22.4. The Morgan fingerprint density at radius 2 is 1.81 bits per heavy atom. The average molecular weight is 462 g/mol. The van der Waals surface area contributed by atoms with E-state index in [1.54, 1.807) is 24.3 Å². The number of sulfonamides is 1. The van der Waals surface area contributed by atoms with Gasteiger partial charge in [-0.25, -0.2) is 13.1 Å². The topological polar surface area (TPSA) is 103 Å². The van der Waals surface area contributed by atoms with Crippen molar-refractivity contribution in [1.82, 2.24) is 19.2 Å². The quantitative estimate of drug-likeness (QED) is 0.281. The van der Waals surface area contributed by atoms with Gasteiger partial charge in [0.1, 0.15) is 5.75 Å². The van der Waals surface area contributed by atoms with Gasteiger partial charge in [-0.15, -0.1) is 10.2 Å². The molecule has 166 valence electrons. The van der Waals surface area contributed by atoms with Crippen molar-refractivity contribution in [2.45, 2.75) is 30.8 Å². The molecule has 0 saturated carbocycles. The molecule has 8 nitrogen and oxygen atoms in total. The van der Waals surface area contributed by atoms with E-state index in [0.717, 1.165) is 5.75 Å². The molecule has 0 amide bonds. The summed E-state index contributed by atoms with van der Waals surface area (Å²) in [6, 6.07) is 14.5. The van der Waals surface area contributed by atoms with E-state index < -0.39 is 10.0 Å². The molecule has 0 atom stereocenters. The molecule has 0 saturated heterocycles. The fourth-order valence-electron chi connectivity index (χ4n) is 3.01. The fraction of sp³-hybridized carbons (Fsp3) is 0.333. The standard InChI is InChI=1S/C21H27N5O3S2/c1-4-25(5-2)31(27,28)19-8-6-7-17(15-19)20-23-24-21(26(20)22)30-14-13-29-18-11-9-16(3)10-12-18/h6-12,15H,4-5,13-14,22H2,1-3H3. The summed E-state index contributed by atoms with van der Waals surface area (Å²) in [6.07, 6.45) is 0. The maximum absolute atomic E-state index is 12.8. The van der Waals surface area contributed by atoms with E-state index in [0.29, 0.717) is 42.0 Å². The zero-order valence-corrected chi connectivity index (χ0v) is 19.5. The summed E-state index contributed by atoms with van der Waals surface area (Å²) in [5.41, 5.74) is 1.77. The molecular formula is C21H27N5O3S2. The second kappa shape index (κ2) is 10.2. The number of hydrogen-bond donors (Lipinski definition) is 1. The number of nitrogens with two attached hydrogens (primary N) is 1. The summed E-state index contributed by atoms with van der Waals surface area (Å²) in [5, 5.41) is 8.83. The number of hydrogen-bond acceptors (Lipinski definition) is 7. The maximum atomic E-state index is 12.8. The minimum Gasteiger partial charge on any atom is -0.493 e. The van der Waals surface area contributed by atoms with Gasteiger partial charge in [0.25, 0.3) is 0 Å². The van der Waals surface area contributed by atoms with Crippen LogP contribution in [0.2, 0.25) is 0 Å². The smallest absolute Gasteiger partial charge is 0.243 e. The Bertz CT molecular complexity index is 1110.